The van der Waals surface area contributed by atoms with Crippen LogP contribution >= 0.6 is 0 Å². The number of fused-ring (bicyclic) bond motifs is 1. The molecule has 2 aliphatic rings. The van der Waals surface area contributed by atoms with E-state index in [1.165, 1.54) is 0 Å². The predicted octanol–water partition coefficient (Wildman–Crippen LogP) is 3.47. The number of nitrogens with zero attached hydrogens (tertiary/aromatic N) is 1. The predicted molar refractivity (Wildman–Crippen MR) is 94.6 cm³/mol. The lowest BCUT2D eigenvalue weighted by Gasteiger charge is -2.40. The molecule has 0 aliphatic carbocycles. The van der Waals surface area contributed by atoms with Gasteiger partial charge in [-0.25, -0.2) is 0 Å². The Labute approximate surface area is 143 Å². The maximum Gasteiger partial charge on any atom is 0.255 e. The number of hydrogen-bond donors (Lipinski definition) is 1. The second-order valence-electron chi connectivity index (χ2n) is 8.36. The van der Waals surface area contributed by atoms with Crippen LogP contribution in [-0.4, -0.2) is 22.8 Å². The van der Waals surface area contributed by atoms with Crippen LogP contribution in [0.4, 0.5) is 0 Å². The number of carbonyl (C=O) groups excluding carboxylic acids is 2. The molecule has 1 saturated heterocycles. The van der Waals surface area contributed by atoms with Crippen LogP contribution in [0.1, 0.15) is 68.9 Å². The first-order valence-corrected chi connectivity index (χ1v) is 8.51. The Morgan fingerprint density at radius 3 is 2.50 bits per heavy atom. The summed E-state index contributed by atoms with van der Waals surface area (Å²) in [4.78, 5) is 27.6. The van der Waals surface area contributed by atoms with E-state index in [0.29, 0.717) is 12.8 Å². The maximum absolute atomic E-state index is 13.3. The molecular weight excluding hydrogens is 300 g/mol. The number of nitrogens with one attached hydrogen (secondary N) is 1. The van der Waals surface area contributed by atoms with Crippen LogP contribution in [0.5, 0.6) is 0 Å². The fraction of sp³-hybridized carbons (Fsp3) is 0.500. The van der Waals surface area contributed by atoms with E-state index in [9.17, 15) is 9.59 Å². The first-order chi connectivity index (χ1) is 11.0. The van der Waals surface area contributed by atoms with Gasteiger partial charge in [0.1, 0.15) is 6.04 Å². The quantitative estimate of drug-likeness (QED) is 0.859. The van der Waals surface area contributed by atoms with Gasteiger partial charge in [0.2, 0.25) is 5.91 Å². The van der Waals surface area contributed by atoms with E-state index in [0.717, 1.165) is 22.4 Å². The van der Waals surface area contributed by atoms with Gasteiger partial charge in [-0.05, 0) is 43.2 Å². The molecule has 24 heavy (non-hydrogen) atoms. The lowest BCUT2D eigenvalue weighted by molar-refractivity contribution is -0.128. The van der Waals surface area contributed by atoms with Gasteiger partial charge in [0.05, 0.1) is 5.54 Å². The Balaban J connectivity index is 2.11. The molecule has 1 fully saturated rings. The molecule has 1 aromatic carbocycles. The molecule has 3 rings (SSSR count). The van der Waals surface area contributed by atoms with Gasteiger partial charge in [-0.2, -0.15) is 0 Å². The summed E-state index contributed by atoms with van der Waals surface area (Å²) in [5.41, 5.74) is 2.92. The third kappa shape index (κ3) is 2.36. The standard InChI is InChI=1S/C20H26N2O2/c1-12-10-11-15(17(23)21-12)22-18(24)16-13(19(2,3)4)8-7-9-14(16)20(22,5)6/h7-9,15H,1,10-11H2,2-6H3,(H,21,23). The highest BCUT2D eigenvalue weighted by Gasteiger charge is 2.50. The zero-order valence-electron chi connectivity index (χ0n) is 15.2. The SMILES string of the molecule is C=C1CCC(N2C(=O)c3c(C(C)(C)C)cccc3C2(C)C)C(=O)N1. The summed E-state index contributed by atoms with van der Waals surface area (Å²) in [6.07, 6.45) is 1.33. The lowest BCUT2D eigenvalue weighted by atomic mass is 9.80. The van der Waals surface area contributed by atoms with Crippen LogP contribution in [-0.2, 0) is 15.7 Å². The summed E-state index contributed by atoms with van der Waals surface area (Å²) < 4.78 is 0. The van der Waals surface area contributed by atoms with E-state index in [4.69, 9.17) is 0 Å². The van der Waals surface area contributed by atoms with E-state index in [1.54, 1.807) is 4.90 Å². The average Bonchev–Trinajstić information content (AvgIpc) is 2.66. The van der Waals surface area contributed by atoms with Crippen molar-refractivity contribution in [2.75, 3.05) is 0 Å². The average molecular weight is 326 g/mol. The Morgan fingerprint density at radius 2 is 1.92 bits per heavy atom. The number of amides is 2. The molecule has 0 aromatic heterocycles. The van der Waals surface area contributed by atoms with Gasteiger partial charge in [-0.3, -0.25) is 9.59 Å². The van der Waals surface area contributed by atoms with Crippen LogP contribution in [0, 0.1) is 0 Å². The van der Waals surface area contributed by atoms with Gasteiger partial charge in [-0.15, -0.1) is 0 Å². The normalized spacial score (nSPS) is 23.3. The number of carbonyl (C=O) groups is 2. The molecular formula is C20H26N2O2. The summed E-state index contributed by atoms with van der Waals surface area (Å²) in [5, 5.41) is 2.81. The zero-order valence-corrected chi connectivity index (χ0v) is 15.2. The van der Waals surface area contributed by atoms with E-state index >= 15 is 0 Å². The van der Waals surface area contributed by atoms with Crippen molar-refractivity contribution in [3.8, 4) is 0 Å². The van der Waals surface area contributed by atoms with Gasteiger partial charge < -0.3 is 10.2 Å². The van der Waals surface area contributed by atoms with Gasteiger partial charge >= 0.3 is 0 Å². The van der Waals surface area contributed by atoms with E-state index in [1.807, 2.05) is 32.0 Å². The molecule has 2 heterocycles. The van der Waals surface area contributed by atoms with Crippen LogP contribution < -0.4 is 5.32 Å². The number of benzene rings is 1. The second kappa shape index (κ2) is 5.20. The molecule has 2 aliphatic heterocycles. The molecule has 128 valence electrons. The number of rotatable bonds is 1. The molecule has 2 amide bonds. The third-order valence-corrected chi connectivity index (χ3v) is 5.20. The summed E-state index contributed by atoms with van der Waals surface area (Å²) >= 11 is 0. The fourth-order valence-corrected chi connectivity index (χ4v) is 3.96. The number of allylic oxidation sites excluding steroid dienone is 1. The van der Waals surface area contributed by atoms with Crippen molar-refractivity contribution in [1.29, 1.82) is 0 Å². The summed E-state index contributed by atoms with van der Waals surface area (Å²) in [6.45, 7) is 14.2. The van der Waals surface area contributed by atoms with Crippen LogP contribution in [0.2, 0.25) is 0 Å². The molecule has 1 aromatic rings. The van der Waals surface area contributed by atoms with Gasteiger partial charge in [-0.1, -0.05) is 45.5 Å². The summed E-state index contributed by atoms with van der Waals surface area (Å²) in [5.74, 6) is -0.161. The monoisotopic (exact) mass is 326 g/mol. The van der Waals surface area contributed by atoms with Crippen LogP contribution in [0.15, 0.2) is 30.5 Å². The minimum Gasteiger partial charge on any atom is -0.329 e. The van der Waals surface area contributed by atoms with Crippen molar-refractivity contribution < 1.29 is 9.59 Å². The maximum atomic E-state index is 13.3. The van der Waals surface area contributed by atoms with Crippen molar-refractivity contribution in [3.05, 3.63) is 47.2 Å². The molecule has 4 heteroatoms. The minimum absolute atomic E-state index is 0.0341. The van der Waals surface area contributed by atoms with Gasteiger partial charge in [0.25, 0.3) is 5.91 Å². The smallest absolute Gasteiger partial charge is 0.255 e. The zero-order chi connectivity index (χ0) is 17.9. The third-order valence-electron chi connectivity index (χ3n) is 5.20. The highest BCUT2D eigenvalue weighted by atomic mass is 16.2. The molecule has 0 bridgehead atoms. The topological polar surface area (TPSA) is 49.4 Å². The van der Waals surface area contributed by atoms with Crippen LogP contribution in [0.25, 0.3) is 0 Å². The highest BCUT2D eigenvalue weighted by Crippen LogP contribution is 2.44. The first-order valence-electron chi connectivity index (χ1n) is 8.51. The van der Waals surface area contributed by atoms with E-state index < -0.39 is 11.6 Å². The Bertz CT molecular complexity index is 740. The highest BCUT2D eigenvalue weighted by molar-refractivity contribution is 6.04. The van der Waals surface area contributed by atoms with Crippen molar-refractivity contribution in [2.45, 2.75) is 64.5 Å². The van der Waals surface area contributed by atoms with Crippen LogP contribution in [0.3, 0.4) is 0 Å². The van der Waals surface area contributed by atoms with Crippen molar-refractivity contribution in [2.24, 2.45) is 0 Å². The van der Waals surface area contributed by atoms with Crippen molar-refractivity contribution >= 4 is 11.8 Å². The second-order valence-corrected chi connectivity index (χ2v) is 8.36. The van der Waals surface area contributed by atoms with E-state index in [2.05, 4.69) is 32.7 Å². The first kappa shape index (κ1) is 16.7. The van der Waals surface area contributed by atoms with E-state index in [-0.39, 0.29) is 17.2 Å². The van der Waals surface area contributed by atoms with Crippen molar-refractivity contribution in [1.82, 2.24) is 10.2 Å². The molecule has 1 atom stereocenters. The van der Waals surface area contributed by atoms with Gasteiger partial charge in [0, 0.05) is 11.3 Å². The molecule has 1 N–H and O–H groups in total. The summed E-state index contributed by atoms with van der Waals surface area (Å²) in [6, 6.07) is 5.61. The molecule has 0 saturated carbocycles. The van der Waals surface area contributed by atoms with Gasteiger partial charge in [0.15, 0.2) is 0 Å². The molecule has 1 unspecified atom stereocenters. The molecule has 4 nitrogen and oxygen atoms in total. The fourth-order valence-electron chi connectivity index (χ4n) is 3.96. The van der Waals surface area contributed by atoms with Crippen molar-refractivity contribution in [3.63, 3.8) is 0 Å². The Kier molecular flexibility index (Phi) is 3.63. The molecule has 0 spiro atoms. The summed E-state index contributed by atoms with van der Waals surface area (Å²) in [7, 11) is 0. The Hall–Kier alpha value is -2.10. The lowest BCUT2D eigenvalue weighted by Crippen LogP contribution is -2.55. The number of piperidine rings is 1. The largest absolute Gasteiger partial charge is 0.329 e. The Morgan fingerprint density at radius 1 is 1.25 bits per heavy atom. The molecule has 0 radical (unpaired) electrons. The number of hydrogen-bond acceptors (Lipinski definition) is 2. The minimum atomic E-state index is -0.506.